The molecule has 3 atom stereocenters. The van der Waals surface area contributed by atoms with E-state index >= 15 is 0 Å². The summed E-state index contributed by atoms with van der Waals surface area (Å²) in [5, 5.41) is 23.1. The fourth-order valence-corrected chi connectivity index (χ4v) is 7.83. The van der Waals surface area contributed by atoms with Gasteiger partial charge >= 0.3 is 0 Å². The lowest BCUT2D eigenvalue weighted by atomic mass is 9.92. The van der Waals surface area contributed by atoms with Crippen LogP contribution in [0.15, 0.2) is 119 Å². The van der Waals surface area contributed by atoms with Crippen LogP contribution in [0, 0.1) is 23.7 Å². The fraction of sp³-hybridized carbons (Fsp3) is 0.333. The topological polar surface area (TPSA) is 195 Å². The summed E-state index contributed by atoms with van der Waals surface area (Å²) in [6.45, 7) is 9.12. The molecule has 0 saturated carbocycles. The van der Waals surface area contributed by atoms with Crippen LogP contribution in [0.5, 0.6) is 11.5 Å². The third kappa shape index (κ3) is 14.8. The monoisotopic (exact) mass is 934 g/mol. The quantitative estimate of drug-likeness (QED) is 0.0762. The Morgan fingerprint density at radius 1 is 0.725 bits per heavy atom. The third-order valence-corrected chi connectivity index (χ3v) is 12.1. The number of rotatable bonds is 15. The van der Waals surface area contributed by atoms with Crippen molar-refractivity contribution in [3.8, 4) is 35.2 Å². The molecule has 358 valence electrons. The Balaban J connectivity index is 0.000000206. The first kappa shape index (κ1) is 49.9. The Labute approximate surface area is 401 Å². The van der Waals surface area contributed by atoms with E-state index in [1.165, 1.54) is 23.8 Å². The lowest BCUT2D eigenvalue weighted by molar-refractivity contribution is -0.0333. The Morgan fingerprint density at radius 3 is 1.65 bits per heavy atom. The smallest absolute Gasteiger partial charge is 0.293 e. The standard InChI is InChI=1S/C29H33FN4O3.C25H26N4O3/c1-20(14-30)31-15-25(13-27-28(35)29(36)33-19-32-27)24-11-9-22(10-12-24)4-3-21-5-7-23(8-6-21)16-34-17-26(18-34)37-2;26-22(15-23-24(30)25(31)28-17-27-23)21-9-7-19(8-10-21)2-1-18-3-5-20(6-4-18)16-29-11-13-32-14-12-29/h5-12,19-20,25-26,31,35H,13-18H2,1-2H3,(H,32,33,36);3-10,17,22,30H,11-16,26H2,(H,27,28,31)/t20-,25?;/m0./s1. The number of nitrogens with one attached hydrogen (secondary N) is 3. The normalized spacial score (nSPS) is 15.2. The largest absolute Gasteiger partial charge is 0.502 e. The van der Waals surface area contributed by atoms with Gasteiger partial charge in [0.2, 0.25) is 11.5 Å². The summed E-state index contributed by atoms with van der Waals surface area (Å²) in [5.74, 6) is 11.9. The minimum Gasteiger partial charge on any atom is -0.502 e. The lowest BCUT2D eigenvalue weighted by Gasteiger charge is -2.38. The van der Waals surface area contributed by atoms with Gasteiger partial charge in [-0.3, -0.25) is 19.4 Å². The first-order valence-corrected chi connectivity index (χ1v) is 23.1. The number of ether oxygens (including phenoxy) is 2. The lowest BCUT2D eigenvalue weighted by Crippen LogP contribution is -2.50. The fourth-order valence-electron chi connectivity index (χ4n) is 7.83. The van der Waals surface area contributed by atoms with Gasteiger partial charge in [0.25, 0.3) is 11.1 Å². The number of nitrogens with zero attached hydrogens (tertiary/aromatic N) is 4. The van der Waals surface area contributed by atoms with Gasteiger partial charge in [-0.25, -0.2) is 14.4 Å². The van der Waals surface area contributed by atoms with Crippen LogP contribution in [-0.4, -0.2) is 112 Å². The van der Waals surface area contributed by atoms with Crippen LogP contribution in [0.2, 0.25) is 0 Å². The van der Waals surface area contributed by atoms with Crippen molar-refractivity contribution in [3.63, 3.8) is 0 Å². The van der Waals surface area contributed by atoms with Gasteiger partial charge in [-0.1, -0.05) is 72.2 Å². The number of aromatic hydroxyl groups is 2. The molecule has 8 rings (SSSR count). The molecule has 0 aliphatic carbocycles. The van der Waals surface area contributed by atoms with E-state index in [-0.39, 0.29) is 35.6 Å². The molecule has 14 nitrogen and oxygen atoms in total. The summed E-state index contributed by atoms with van der Waals surface area (Å²) in [5.41, 5.74) is 13.7. The second-order valence-corrected chi connectivity index (χ2v) is 17.3. The Morgan fingerprint density at radius 2 is 1.17 bits per heavy atom. The molecule has 0 radical (unpaired) electrons. The van der Waals surface area contributed by atoms with E-state index in [0.717, 1.165) is 85.9 Å². The van der Waals surface area contributed by atoms with Gasteiger partial charge in [-0.15, -0.1) is 0 Å². The van der Waals surface area contributed by atoms with E-state index < -0.39 is 23.8 Å². The average molecular weight is 935 g/mol. The Bertz CT molecular complexity index is 2820. The predicted octanol–water partition coefficient (Wildman–Crippen LogP) is 4.93. The highest BCUT2D eigenvalue weighted by Gasteiger charge is 2.26. The first-order valence-electron chi connectivity index (χ1n) is 23.1. The predicted molar refractivity (Wildman–Crippen MR) is 263 cm³/mol. The second kappa shape index (κ2) is 24.9. The number of methoxy groups -OCH3 is 1. The number of likely N-dealkylation sites (tertiary alicyclic amines) is 1. The molecule has 15 heteroatoms. The molecule has 0 bridgehead atoms. The molecule has 0 amide bonds. The summed E-state index contributed by atoms with van der Waals surface area (Å²) in [6, 6.07) is 31.5. The van der Waals surface area contributed by atoms with E-state index in [2.05, 4.69) is 83.0 Å². The van der Waals surface area contributed by atoms with Crippen LogP contribution in [0.1, 0.15) is 74.8 Å². The SMILES string of the molecule is COC1CN(Cc2ccc(C#Cc3ccc(C(CN[C@@H](C)CF)Cc4nc[nH]c(=O)c4O)cc3)cc2)C1.NC(Cc1nc[nH]c(=O)c1O)c1ccc(C#Cc2ccc(CN3CCOCC3)cc2)cc1. The molecule has 4 heterocycles. The van der Waals surface area contributed by atoms with Crippen LogP contribution in [0.4, 0.5) is 4.39 Å². The Hall–Kier alpha value is -6.95. The van der Waals surface area contributed by atoms with Crippen molar-refractivity contribution < 1.29 is 24.1 Å². The molecule has 6 aromatic rings. The number of nitrogens with two attached hydrogens (primary N) is 1. The van der Waals surface area contributed by atoms with E-state index in [1.807, 2.05) is 72.8 Å². The number of halogens is 1. The number of aromatic nitrogens is 4. The van der Waals surface area contributed by atoms with Crippen molar-refractivity contribution in [2.75, 3.05) is 59.7 Å². The zero-order chi connectivity index (χ0) is 48.5. The average Bonchev–Trinajstić information content (AvgIpc) is 3.36. The van der Waals surface area contributed by atoms with E-state index in [9.17, 15) is 24.2 Å². The number of hydrogen-bond donors (Lipinski definition) is 6. The molecular weight excluding hydrogens is 876 g/mol. The van der Waals surface area contributed by atoms with E-state index in [0.29, 0.717) is 24.8 Å². The number of morpholine rings is 1. The van der Waals surface area contributed by atoms with Gasteiger partial charge in [-0.05, 0) is 77.7 Å². The van der Waals surface area contributed by atoms with Crippen molar-refractivity contribution in [3.05, 3.63) is 186 Å². The summed E-state index contributed by atoms with van der Waals surface area (Å²) in [6.07, 6.45) is 3.49. The molecule has 7 N–H and O–H groups in total. The number of aromatic amines is 2. The highest BCUT2D eigenvalue weighted by molar-refractivity contribution is 5.46. The van der Waals surface area contributed by atoms with Crippen molar-refractivity contribution >= 4 is 0 Å². The molecule has 69 heavy (non-hydrogen) atoms. The summed E-state index contributed by atoms with van der Waals surface area (Å²) in [7, 11) is 1.76. The molecule has 2 unspecified atom stereocenters. The maximum absolute atomic E-state index is 13.0. The maximum Gasteiger partial charge on any atom is 0.293 e. The van der Waals surface area contributed by atoms with Crippen molar-refractivity contribution in [1.29, 1.82) is 0 Å². The van der Waals surface area contributed by atoms with Crippen LogP contribution in [-0.2, 0) is 35.4 Å². The number of benzene rings is 4. The van der Waals surface area contributed by atoms with Crippen LogP contribution < -0.4 is 22.2 Å². The molecule has 2 fully saturated rings. The van der Waals surface area contributed by atoms with Gasteiger partial charge in [0.1, 0.15) is 6.67 Å². The van der Waals surface area contributed by atoms with Gasteiger partial charge in [0, 0.05) is 106 Å². The Kier molecular flexibility index (Phi) is 18.0. The molecular formula is C54H59FN8O6. The molecule has 2 aromatic heterocycles. The van der Waals surface area contributed by atoms with Gasteiger partial charge in [0.15, 0.2) is 0 Å². The van der Waals surface area contributed by atoms with Crippen molar-refractivity contribution in [2.45, 2.75) is 57.0 Å². The van der Waals surface area contributed by atoms with Gasteiger partial charge < -0.3 is 40.7 Å². The van der Waals surface area contributed by atoms with Gasteiger partial charge in [0.05, 0.1) is 43.4 Å². The first-order chi connectivity index (χ1) is 33.5. The zero-order valence-electron chi connectivity index (χ0n) is 39.0. The highest BCUT2D eigenvalue weighted by Crippen LogP contribution is 2.24. The van der Waals surface area contributed by atoms with Crippen molar-refractivity contribution in [1.82, 2.24) is 35.1 Å². The highest BCUT2D eigenvalue weighted by atomic mass is 19.1. The van der Waals surface area contributed by atoms with Crippen LogP contribution in [0.3, 0.4) is 0 Å². The minimum absolute atomic E-state index is 0.116. The molecule has 4 aromatic carbocycles. The van der Waals surface area contributed by atoms with Gasteiger partial charge in [-0.2, -0.15) is 0 Å². The summed E-state index contributed by atoms with van der Waals surface area (Å²) < 4.78 is 23.7. The number of alkyl halides is 1. The molecule has 2 aliphatic rings. The summed E-state index contributed by atoms with van der Waals surface area (Å²) in [4.78, 5) is 40.8. The third-order valence-electron chi connectivity index (χ3n) is 12.1. The number of hydrogen-bond acceptors (Lipinski definition) is 12. The maximum atomic E-state index is 13.0. The number of H-pyrrole nitrogens is 2. The molecule has 2 saturated heterocycles. The van der Waals surface area contributed by atoms with E-state index in [4.69, 9.17) is 15.2 Å². The van der Waals surface area contributed by atoms with E-state index in [1.54, 1.807) is 14.0 Å². The minimum atomic E-state index is -0.576. The van der Waals surface area contributed by atoms with Crippen molar-refractivity contribution in [2.24, 2.45) is 5.73 Å². The van der Waals surface area contributed by atoms with Crippen LogP contribution >= 0.6 is 0 Å². The molecule has 2 aliphatic heterocycles. The molecule has 0 spiro atoms. The second-order valence-electron chi connectivity index (χ2n) is 17.3. The summed E-state index contributed by atoms with van der Waals surface area (Å²) >= 11 is 0. The van der Waals surface area contributed by atoms with Crippen LogP contribution in [0.25, 0.3) is 0 Å². The zero-order valence-corrected chi connectivity index (χ0v) is 39.0.